The van der Waals surface area contributed by atoms with Gasteiger partial charge in [-0.05, 0) is 43.6 Å². The second-order valence-electron chi connectivity index (χ2n) is 9.85. The highest BCUT2D eigenvalue weighted by Crippen LogP contribution is 2.16. The minimum Gasteiger partial charge on any atom is -0.423 e. The van der Waals surface area contributed by atoms with E-state index in [1.807, 2.05) is 30.3 Å². The van der Waals surface area contributed by atoms with Gasteiger partial charge in [0.15, 0.2) is 0 Å². The van der Waals surface area contributed by atoms with Crippen LogP contribution < -0.4 is 5.46 Å². The minimum absolute atomic E-state index is 0.527. The van der Waals surface area contributed by atoms with Crippen molar-refractivity contribution in [3.63, 3.8) is 0 Å². The normalized spacial score (nSPS) is 13.5. The second-order valence-corrected chi connectivity index (χ2v) is 9.85. The lowest BCUT2D eigenvalue weighted by molar-refractivity contribution is 0.254. The molecule has 0 radical (unpaired) electrons. The van der Waals surface area contributed by atoms with Crippen LogP contribution in [-0.4, -0.2) is 36.7 Å². The lowest BCUT2D eigenvalue weighted by Crippen LogP contribution is -2.34. The second kappa shape index (κ2) is 20.4. The molecule has 1 heterocycles. The van der Waals surface area contributed by atoms with E-state index in [0.717, 1.165) is 25.0 Å². The zero-order valence-corrected chi connectivity index (χ0v) is 22.4. The molecule has 4 heteroatoms. The van der Waals surface area contributed by atoms with Gasteiger partial charge in [0.05, 0.1) is 0 Å². The highest BCUT2D eigenvalue weighted by Gasteiger charge is 2.17. The highest BCUT2D eigenvalue weighted by molar-refractivity contribution is 6.59. The number of allylic oxidation sites excluding steroid dienone is 4. The van der Waals surface area contributed by atoms with Crippen molar-refractivity contribution in [3.05, 3.63) is 66.4 Å². The SMILES string of the molecule is CCCCCCCC/C=C\CCCCCCCCN1CC=CC=C1CCOB(O)c1ccccc1. The molecule has 0 amide bonds. The van der Waals surface area contributed by atoms with Crippen LogP contribution in [0.1, 0.15) is 103 Å². The Balaban J connectivity index is 1.44. The van der Waals surface area contributed by atoms with Crippen molar-refractivity contribution in [2.24, 2.45) is 0 Å². The van der Waals surface area contributed by atoms with Gasteiger partial charge in [0, 0.05) is 31.8 Å². The maximum absolute atomic E-state index is 10.2. The molecular formula is C31H50BNO2. The Hall–Kier alpha value is -1.78. The van der Waals surface area contributed by atoms with Crippen LogP contribution in [-0.2, 0) is 4.65 Å². The van der Waals surface area contributed by atoms with E-state index >= 15 is 0 Å². The van der Waals surface area contributed by atoms with Crippen LogP contribution in [0.3, 0.4) is 0 Å². The molecule has 1 aromatic carbocycles. The Morgan fingerprint density at radius 3 is 2.17 bits per heavy atom. The van der Waals surface area contributed by atoms with Gasteiger partial charge in [-0.3, -0.25) is 0 Å². The molecule has 0 spiro atoms. The smallest absolute Gasteiger partial charge is 0.423 e. The van der Waals surface area contributed by atoms with Crippen molar-refractivity contribution < 1.29 is 9.68 Å². The number of rotatable bonds is 21. The molecule has 0 saturated heterocycles. The van der Waals surface area contributed by atoms with Crippen LogP contribution in [0.15, 0.2) is 66.4 Å². The molecule has 0 aliphatic carbocycles. The van der Waals surface area contributed by atoms with Crippen LogP contribution in [0.2, 0.25) is 0 Å². The molecule has 3 nitrogen and oxygen atoms in total. The van der Waals surface area contributed by atoms with Crippen LogP contribution >= 0.6 is 0 Å². The first-order valence-corrected chi connectivity index (χ1v) is 14.4. The monoisotopic (exact) mass is 479 g/mol. The summed E-state index contributed by atoms with van der Waals surface area (Å²) < 4.78 is 5.67. The molecule has 0 bridgehead atoms. The Morgan fingerprint density at radius 1 is 0.857 bits per heavy atom. The zero-order valence-electron chi connectivity index (χ0n) is 22.4. The summed E-state index contributed by atoms with van der Waals surface area (Å²) in [4.78, 5) is 2.47. The van der Waals surface area contributed by atoms with E-state index in [2.05, 4.69) is 42.2 Å². The molecule has 1 aromatic rings. The van der Waals surface area contributed by atoms with E-state index < -0.39 is 7.12 Å². The van der Waals surface area contributed by atoms with Crippen molar-refractivity contribution in [1.29, 1.82) is 0 Å². The summed E-state index contributed by atoms with van der Waals surface area (Å²) in [6.07, 6.45) is 31.1. The third kappa shape index (κ3) is 14.4. The Labute approximate surface area is 216 Å². The summed E-state index contributed by atoms with van der Waals surface area (Å²) in [6, 6.07) is 9.59. The lowest BCUT2D eigenvalue weighted by atomic mass is 9.80. The van der Waals surface area contributed by atoms with E-state index in [1.54, 1.807) is 0 Å². The highest BCUT2D eigenvalue weighted by atomic mass is 16.5. The van der Waals surface area contributed by atoms with Gasteiger partial charge in [-0.2, -0.15) is 0 Å². The quantitative estimate of drug-likeness (QED) is 0.112. The minimum atomic E-state index is -0.847. The average molecular weight is 480 g/mol. The molecule has 35 heavy (non-hydrogen) atoms. The predicted molar refractivity (Wildman–Crippen MR) is 153 cm³/mol. The summed E-state index contributed by atoms with van der Waals surface area (Å²) in [6.45, 7) is 4.90. The van der Waals surface area contributed by atoms with Crippen LogP contribution in [0.25, 0.3) is 0 Å². The number of unbranched alkanes of at least 4 members (excludes halogenated alkanes) is 12. The van der Waals surface area contributed by atoms with E-state index in [1.165, 1.54) is 95.6 Å². The molecule has 0 saturated carbocycles. The first-order chi connectivity index (χ1) is 17.3. The molecule has 1 aliphatic heterocycles. The summed E-state index contributed by atoms with van der Waals surface area (Å²) in [5, 5.41) is 10.2. The largest absolute Gasteiger partial charge is 0.491 e. The van der Waals surface area contributed by atoms with E-state index in [4.69, 9.17) is 4.65 Å². The topological polar surface area (TPSA) is 32.7 Å². The van der Waals surface area contributed by atoms with Crippen molar-refractivity contribution in [2.45, 2.75) is 103 Å². The Morgan fingerprint density at radius 2 is 1.49 bits per heavy atom. The number of nitrogens with zero attached hydrogens (tertiary/aromatic N) is 1. The standard InChI is InChI=1S/C31H50BNO2/c1-2-3-4-5-6-7-8-9-10-11-12-13-14-15-16-21-27-33-28-22-20-25-31(33)26-29-35-32(34)30-23-18-17-19-24-30/h9-10,17-20,22-25,34H,2-8,11-16,21,26-29H2,1H3/b10-9-. The Kier molecular flexibility index (Phi) is 17.2. The molecule has 0 aromatic heterocycles. The fraction of sp³-hybridized carbons (Fsp3) is 0.613. The summed E-state index contributed by atoms with van der Waals surface area (Å²) in [5.74, 6) is 0. The van der Waals surface area contributed by atoms with Gasteiger partial charge in [0.2, 0.25) is 0 Å². The Bertz CT molecular complexity index is 716. The molecule has 1 N–H and O–H groups in total. The fourth-order valence-corrected chi connectivity index (χ4v) is 4.61. The van der Waals surface area contributed by atoms with Crippen molar-refractivity contribution >= 4 is 12.6 Å². The summed E-state index contributed by atoms with van der Waals surface area (Å²) in [5.41, 5.74) is 2.13. The van der Waals surface area contributed by atoms with Crippen LogP contribution in [0.4, 0.5) is 0 Å². The molecule has 0 atom stereocenters. The molecule has 2 rings (SSSR count). The first-order valence-electron chi connectivity index (χ1n) is 14.4. The fourth-order valence-electron chi connectivity index (χ4n) is 4.61. The summed E-state index contributed by atoms with van der Waals surface area (Å²) in [7, 11) is -0.847. The maximum atomic E-state index is 10.2. The number of benzene rings is 1. The van der Waals surface area contributed by atoms with Crippen LogP contribution in [0, 0.1) is 0 Å². The molecule has 0 fully saturated rings. The third-order valence-corrected chi connectivity index (χ3v) is 6.82. The van der Waals surface area contributed by atoms with Crippen molar-refractivity contribution in [3.8, 4) is 0 Å². The van der Waals surface area contributed by atoms with Gasteiger partial charge in [0.25, 0.3) is 0 Å². The van der Waals surface area contributed by atoms with Gasteiger partial charge in [-0.25, -0.2) is 0 Å². The average Bonchev–Trinajstić information content (AvgIpc) is 2.89. The molecular weight excluding hydrogens is 429 g/mol. The van der Waals surface area contributed by atoms with Crippen molar-refractivity contribution in [1.82, 2.24) is 4.90 Å². The van der Waals surface area contributed by atoms with E-state index in [9.17, 15) is 5.02 Å². The predicted octanol–water partition coefficient (Wildman–Crippen LogP) is 7.57. The van der Waals surface area contributed by atoms with Gasteiger partial charge in [-0.15, -0.1) is 0 Å². The molecule has 0 unspecified atom stereocenters. The van der Waals surface area contributed by atoms with E-state index in [0.29, 0.717) is 6.61 Å². The van der Waals surface area contributed by atoms with Crippen molar-refractivity contribution in [2.75, 3.05) is 19.7 Å². The molecule has 1 aliphatic rings. The first kappa shape index (κ1) is 29.5. The van der Waals surface area contributed by atoms with Gasteiger partial charge < -0.3 is 14.6 Å². The lowest BCUT2D eigenvalue weighted by Gasteiger charge is -2.28. The van der Waals surface area contributed by atoms with Crippen LogP contribution in [0.5, 0.6) is 0 Å². The maximum Gasteiger partial charge on any atom is 0.491 e. The van der Waals surface area contributed by atoms with Gasteiger partial charge in [0.1, 0.15) is 0 Å². The number of hydrogen-bond acceptors (Lipinski definition) is 3. The number of hydrogen-bond donors (Lipinski definition) is 1. The molecule has 194 valence electrons. The third-order valence-electron chi connectivity index (χ3n) is 6.82. The van der Waals surface area contributed by atoms with Gasteiger partial charge in [-0.1, -0.05) is 119 Å². The van der Waals surface area contributed by atoms with E-state index in [-0.39, 0.29) is 0 Å². The zero-order chi connectivity index (χ0) is 24.8. The summed E-state index contributed by atoms with van der Waals surface area (Å²) >= 11 is 0. The van der Waals surface area contributed by atoms with Gasteiger partial charge >= 0.3 is 7.12 Å².